The number of likely N-dealkylation sites (tertiary alicyclic amines) is 1. The van der Waals surface area contributed by atoms with Crippen molar-refractivity contribution in [2.75, 3.05) is 13.1 Å². The average Bonchev–Trinajstić information content (AvgIpc) is 2.43. The summed E-state index contributed by atoms with van der Waals surface area (Å²) < 4.78 is 5.34. The molecule has 0 bridgehead atoms. The predicted octanol–water partition coefficient (Wildman–Crippen LogP) is 2.66. The lowest BCUT2D eigenvalue weighted by atomic mass is 9.77. The first-order valence-corrected chi connectivity index (χ1v) is 7.09. The molecule has 0 saturated carbocycles. The van der Waals surface area contributed by atoms with Gasteiger partial charge in [0.2, 0.25) is 0 Å². The smallest absolute Gasteiger partial charge is 0.410 e. The summed E-state index contributed by atoms with van der Waals surface area (Å²) >= 11 is 0. The maximum absolute atomic E-state index is 12.1. The van der Waals surface area contributed by atoms with Crippen molar-refractivity contribution in [1.82, 2.24) is 4.90 Å². The van der Waals surface area contributed by atoms with Gasteiger partial charge in [-0.1, -0.05) is 44.2 Å². The van der Waals surface area contributed by atoms with E-state index in [9.17, 15) is 9.90 Å². The maximum atomic E-state index is 12.1. The summed E-state index contributed by atoms with van der Waals surface area (Å²) in [7, 11) is 0. The van der Waals surface area contributed by atoms with E-state index in [4.69, 9.17) is 4.74 Å². The second-order valence-electron chi connectivity index (χ2n) is 5.97. The quantitative estimate of drug-likeness (QED) is 0.904. The zero-order valence-corrected chi connectivity index (χ0v) is 12.4. The Hall–Kier alpha value is -1.55. The summed E-state index contributed by atoms with van der Waals surface area (Å²) in [6, 6.07) is 9.64. The van der Waals surface area contributed by atoms with Gasteiger partial charge in [-0.15, -0.1) is 0 Å². The highest BCUT2D eigenvalue weighted by molar-refractivity contribution is 5.67. The van der Waals surface area contributed by atoms with E-state index in [1.807, 2.05) is 51.1 Å². The topological polar surface area (TPSA) is 49.8 Å². The summed E-state index contributed by atoms with van der Waals surface area (Å²) in [5.74, 6) is 0.0750. The van der Waals surface area contributed by atoms with E-state index in [0.29, 0.717) is 13.1 Å². The molecular formula is C16H23NO3. The van der Waals surface area contributed by atoms with Gasteiger partial charge < -0.3 is 14.7 Å². The lowest BCUT2D eigenvalue weighted by Crippen LogP contribution is -2.56. The lowest BCUT2D eigenvalue weighted by Gasteiger charge is -2.45. The monoisotopic (exact) mass is 277 g/mol. The molecule has 0 aromatic heterocycles. The van der Waals surface area contributed by atoms with Crippen LogP contribution in [0.5, 0.6) is 0 Å². The van der Waals surface area contributed by atoms with Gasteiger partial charge in [-0.05, 0) is 12.5 Å². The van der Waals surface area contributed by atoms with E-state index >= 15 is 0 Å². The van der Waals surface area contributed by atoms with Gasteiger partial charge in [-0.3, -0.25) is 0 Å². The number of ether oxygens (including phenoxy) is 1. The third-order valence-electron chi connectivity index (χ3n) is 4.45. The molecule has 1 saturated heterocycles. The molecule has 1 aromatic carbocycles. The minimum absolute atomic E-state index is 0.0375. The number of amides is 1. The van der Waals surface area contributed by atoms with Crippen molar-refractivity contribution >= 4 is 6.09 Å². The van der Waals surface area contributed by atoms with Crippen LogP contribution in [0, 0.1) is 11.8 Å². The summed E-state index contributed by atoms with van der Waals surface area (Å²) in [4.78, 5) is 13.8. The van der Waals surface area contributed by atoms with Gasteiger partial charge >= 0.3 is 6.09 Å². The third-order valence-corrected chi connectivity index (χ3v) is 4.45. The molecule has 0 radical (unpaired) electrons. The highest BCUT2D eigenvalue weighted by Crippen LogP contribution is 2.32. The summed E-state index contributed by atoms with van der Waals surface area (Å²) in [5.41, 5.74) is 0.252. The van der Waals surface area contributed by atoms with E-state index in [1.54, 1.807) is 4.90 Å². The molecule has 1 aliphatic heterocycles. The van der Waals surface area contributed by atoms with Crippen molar-refractivity contribution in [2.45, 2.75) is 33.0 Å². The van der Waals surface area contributed by atoms with Crippen molar-refractivity contribution in [1.29, 1.82) is 0 Å². The molecule has 4 nitrogen and oxygen atoms in total. The molecule has 1 aliphatic rings. The third kappa shape index (κ3) is 3.12. The van der Waals surface area contributed by atoms with Crippen LogP contribution in [0.1, 0.15) is 26.3 Å². The first kappa shape index (κ1) is 14.9. The number of benzene rings is 1. The molecule has 2 rings (SSSR count). The second-order valence-corrected chi connectivity index (χ2v) is 5.97. The standard InChI is InChI=1S/C16H23NO3/c1-12-9-17(10-13(2)16(12,3)19)15(18)20-11-14-7-5-4-6-8-14/h4-8,12-13,19H,9-11H2,1-3H3/t12-,13+,16+. The number of carbonyl (C=O) groups is 1. The number of carbonyl (C=O) groups excluding carboxylic acids is 1. The van der Waals surface area contributed by atoms with E-state index < -0.39 is 5.60 Å². The minimum atomic E-state index is -0.726. The van der Waals surface area contributed by atoms with Gasteiger partial charge in [0.15, 0.2) is 0 Å². The highest BCUT2D eigenvalue weighted by atomic mass is 16.6. The Morgan fingerprint density at radius 2 is 1.85 bits per heavy atom. The van der Waals surface area contributed by atoms with Crippen LogP contribution in [0.15, 0.2) is 30.3 Å². The Kier molecular flexibility index (Phi) is 4.33. The van der Waals surface area contributed by atoms with Crippen LogP contribution in [0.2, 0.25) is 0 Å². The van der Waals surface area contributed by atoms with Crippen LogP contribution in [-0.2, 0) is 11.3 Å². The Balaban J connectivity index is 1.91. The molecule has 4 heteroatoms. The molecule has 1 fully saturated rings. The zero-order chi connectivity index (χ0) is 14.8. The van der Waals surface area contributed by atoms with Gasteiger partial charge in [-0.25, -0.2) is 4.79 Å². The molecule has 0 aliphatic carbocycles. The van der Waals surface area contributed by atoms with Crippen molar-refractivity contribution in [3.8, 4) is 0 Å². The van der Waals surface area contributed by atoms with Crippen LogP contribution in [0.25, 0.3) is 0 Å². The minimum Gasteiger partial charge on any atom is -0.445 e. The molecule has 110 valence electrons. The second kappa shape index (κ2) is 5.83. The molecule has 0 unspecified atom stereocenters. The molecular weight excluding hydrogens is 254 g/mol. The molecule has 20 heavy (non-hydrogen) atoms. The van der Waals surface area contributed by atoms with Gasteiger partial charge in [0, 0.05) is 24.9 Å². The lowest BCUT2D eigenvalue weighted by molar-refractivity contribution is -0.0876. The zero-order valence-electron chi connectivity index (χ0n) is 12.4. The largest absolute Gasteiger partial charge is 0.445 e. The fourth-order valence-electron chi connectivity index (χ4n) is 2.55. The van der Waals surface area contributed by atoms with Gasteiger partial charge in [0.1, 0.15) is 6.61 Å². The summed E-state index contributed by atoms with van der Waals surface area (Å²) in [6.45, 7) is 7.13. The molecule has 1 N–H and O–H groups in total. The highest BCUT2D eigenvalue weighted by Gasteiger charge is 2.42. The van der Waals surface area contributed by atoms with Gasteiger partial charge in [0.05, 0.1) is 5.60 Å². The van der Waals surface area contributed by atoms with Crippen molar-refractivity contribution in [3.63, 3.8) is 0 Å². The molecule has 1 heterocycles. The Bertz CT molecular complexity index is 444. The first-order chi connectivity index (χ1) is 9.41. The van der Waals surface area contributed by atoms with E-state index in [-0.39, 0.29) is 24.5 Å². The van der Waals surface area contributed by atoms with Crippen LogP contribution < -0.4 is 0 Å². The predicted molar refractivity (Wildman–Crippen MR) is 77.2 cm³/mol. The van der Waals surface area contributed by atoms with Gasteiger partial charge in [0.25, 0.3) is 0 Å². The van der Waals surface area contributed by atoms with Crippen molar-refractivity contribution in [2.24, 2.45) is 11.8 Å². The number of piperidine rings is 1. The molecule has 3 atom stereocenters. The summed E-state index contributed by atoms with van der Waals surface area (Å²) in [5, 5.41) is 10.3. The Morgan fingerprint density at radius 3 is 2.40 bits per heavy atom. The fraction of sp³-hybridized carbons (Fsp3) is 0.562. The van der Waals surface area contributed by atoms with Gasteiger partial charge in [-0.2, -0.15) is 0 Å². The van der Waals surface area contributed by atoms with Crippen LogP contribution in [0.4, 0.5) is 4.79 Å². The summed E-state index contributed by atoms with van der Waals surface area (Å²) in [6.07, 6.45) is -0.303. The molecule has 1 aromatic rings. The SMILES string of the molecule is C[C@@H]1CN(C(=O)OCc2ccccc2)C[C@H](C)[C@@]1(C)O. The Morgan fingerprint density at radius 1 is 1.30 bits per heavy atom. The molecule has 0 spiro atoms. The fourth-order valence-corrected chi connectivity index (χ4v) is 2.55. The number of nitrogens with zero attached hydrogens (tertiary/aromatic N) is 1. The van der Waals surface area contributed by atoms with Crippen molar-refractivity contribution in [3.05, 3.63) is 35.9 Å². The first-order valence-electron chi connectivity index (χ1n) is 7.09. The number of hydrogen-bond donors (Lipinski definition) is 1. The Labute approximate surface area is 120 Å². The van der Waals surface area contributed by atoms with Crippen LogP contribution in [0.3, 0.4) is 0 Å². The van der Waals surface area contributed by atoms with Crippen LogP contribution in [-0.4, -0.2) is 34.8 Å². The van der Waals surface area contributed by atoms with E-state index in [1.165, 1.54) is 0 Å². The number of aliphatic hydroxyl groups is 1. The van der Waals surface area contributed by atoms with E-state index in [2.05, 4.69) is 0 Å². The maximum Gasteiger partial charge on any atom is 0.410 e. The van der Waals surface area contributed by atoms with E-state index in [0.717, 1.165) is 5.56 Å². The average molecular weight is 277 g/mol. The van der Waals surface area contributed by atoms with Crippen LogP contribution >= 0.6 is 0 Å². The normalized spacial score (nSPS) is 30.1. The number of rotatable bonds is 2. The number of hydrogen-bond acceptors (Lipinski definition) is 3. The van der Waals surface area contributed by atoms with Crippen molar-refractivity contribution < 1.29 is 14.6 Å². The molecule has 1 amide bonds.